The number of aryl methyl sites for hydroxylation is 1. The highest BCUT2D eigenvalue weighted by Crippen LogP contribution is 2.23. The summed E-state index contributed by atoms with van der Waals surface area (Å²) in [5.41, 5.74) is 1.03. The lowest BCUT2D eigenvalue weighted by molar-refractivity contribution is -0.141. The van der Waals surface area contributed by atoms with Crippen molar-refractivity contribution in [1.82, 2.24) is 4.90 Å². The molecule has 92 valence electrons. The first-order valence-corrected chi connectivity index (χ1v) is 6.63. The van der Waals surface area contributed by atoms with Crippen molar-refractivity contribution in [2.45, 2.75) is 18.9 Å². The zero-order valence-corrected chi connectivity index (χ0v) is 11.5. The van der Waals surface area contributed by atoms with Gasteiger partial charge in [0.15, 0.2) is 0 Å². The average Bonchev–Trinajstić information content (AvgIpc) is 2.26. The molecule has 1 fully saturated rings. The SMILES string of the molecule is O=C(CCc1cc(Cl)ccc1Br)N1CC(O)C1. The van der Waals surface area contributed by atoms with E-state index >= 15 is 0 Å². The minimum Gasteiger partial charge on any atom is -0.389 e. The lowest BCUT2D eigenvalue weighted by atomic mass is 10.1. The van der Waals surface area contributed by atoms with Gasteiger partial charge in [-0.3, -0.25) is 4.79 Å². The van der Waals surface area contributed by atoms with Crippen LogP contribution in [-0.4, -0.2) is 35.1 Å². The topological polar surface area (TPSA) is 40.5 Å². The number of amides is 1. The van der Waals surface area contributed by atoms with Crippen LogP contribution in [-0.2, 0) is 11.2 Å². The monoisotopic (exact) mass is 317 g/mol. The number of β-amino-alcohol motifs (C(OH)–C–C–N with tert-alkyl or cyclic N) is 1. The molecule has 0 bridgehead atoms. The Kier molecular flexibility index (Phi) is 4.07. The molecule has 1 aliphatic rings. The van der Waals surface area contributed by atoms with E-state index in [0.717, 1.165) is 10.0 Å². The summed E-state index contributed by atoms with van der Waals surface area (Å²) in [5, 5.41) is 9.79. The zero-order valence-electron chi connectivity index (χ0n) is 9.20. The molecule has 0 aliphatic carbocycles. The number of halogens is 2. The summed E-state index contributed by atoms with van der Waals surface area (Å²) >= 11 is 9.34. The molecule has 1 saturated heterocycles. The third-order valence-electron chi connectivity index (χ3n) is 2.83. The smallest absolute Gasteiger partial charge is 0.223 e. The van der Waals surface area contributed by atoms with E-state index in [1.165, 1.54) is 0 Å². The molecule has 0 saturated carbocycles. The van der Waals surface area contributed by atoms with Crippen LogP contribution in [0.25, 0.3) is 0 Å². The van der Waals surface area contributed by atoms with Crippen molar-refractivity contribution < 1.29 is 9.90 Å². The fourth-order valence-electron chi connectivity index (χ4n) is 1.79. The van der Waals surface area contributed by atoms with Gasteiger partial charge in [0.2, 0.25) is 5.91 Å². The van der Waals surface area contributed by atoms with Crippen LogP contribution in [0.2, 0.25) is 5.02 Å². The molecule has 0 unspecified atom stereocenters. The van der Waals surface area contributed by atoms with Crippen LogP contribution in [0.1, 0.15) is 12.0 Å². The first-order valence-electron chi connectivity index (χ1n) is 5.46. The summed E-state index contributed by atoms with van der Waals surface area (Å²) in [6, 6.07) is 5.56. The highest BCUT2D eigenvalue weighted by atomic mass is 79.9. The number of carbonyl (C=O) groups excluding carboxylic acids is 1. The van der Waals surface area contributed by atoms with Gasteiger partial charge in [0.05, 0.1) is 6.10 Å². The molecule has 1 N–H and O–H groups in total. The van der Waals surface area contributed by atoms with Gasteiger partial charge in [-0.15, -0.1) is 0 Å². The Hall–Kier alpha value is -0.580. The van der Waals surface area contributed by atoms with Gasteiger partial charge in [-0.1, -0.05) is 27.5 Å². The third kappa shape index (κ3) is 3.21. The van der Waals surface area contributed by atoms with Crippen LogP contribution in [0.3, 0.4) is 0 Å². The summed E-state index contributed by atoms with van der Waals surface area (Å²) in [5.74, 6) is 0.0853. The second kappa shape index (κ2) is 5.38. The molecule has 0 radical (unpaired) electrons. The zero-order chi connectivity index (χ0) is 12.4. The third-order valence-corrected chi connectivity index (χ3v) is 3.84. The van der Waals surface area contributed by atoms with E-state index in [1.54, 1.807) is 4.90 Å². The molecule has 1 aliphatic heterocycles. The Morgan fingerprint density at radius 1 is 1.53 bits per heavy atom. The lowest BCUT2D eigenvalue weighted by Crippen LogP contribution is -2.53. The Morgan fingerprint density at radius 3 is 2.88 bits per heavy atom. The van der Waals surface area contributed by atoms with Crippen LogP contribution >= 0.6 is 27.5 Å². The Bertz CT molecular complexity index is 433. The largest absolute Gasteiger partial charge is 0.389 e. The van der Waals surface area contributed by atoms with E-state index in [2.05, 4.69) is 15.9 Å². The number of hydrogen-bond donors (Lipinski definition) is 1. The predicted molar refractivity (Wildman–Crippen MR) is 70.1 cm³/mol. The second-order valence-electron chi connectivity index (χ2n) is 4.19. The molecule has 5 heteroatoms. The maximum Gasteiger partial charge on any atom is 0.223 e. The summed E-state index contributed by atoms with van der Waals surface area (Å²) in [6.45, 7) is 0.936. The molecule has 0 atom stereocenters. The highest BCUT2D eigenvalue weighted by Gasteiger charge is 2.28. The maximum absolute atomic E-state index is 11.7. The van der Waals surface area contributed by atoms with Crippen molar-refractivity contribution in [2.75, 3.05) is 13.1 Å². The highest BCUT2D eigenvalue weighted by molar-refractivity contribution is 9.10. The van der Waals surface area contributed by atoms with E-state index < -0.39 is 0 Å². The molecule has 0 spiro atoms. The molecule has 3 nitrogen and oxygen atoms in total. The Labute approximate surface area is 114 Å². The number of hydrogen-bond acceptors (Lipinski definition) is 2. The van der Waals surface area contributed by atoms with Crippen molar-refractivity contribution in [1.29, 1.82) is 0 Å². The van der Waals surface area contributed by atoms with E-state index in [1.807, 2.05) is 18.2 Å². The molecule has 1 amide bonds. The van der Waals surface area contributed by atoms with Crippen molar-refractivity contribution >= 4 is 33.4 Å². The standard InChI is InChI=1S/C12H13BrClNO2/c13-11-3-2-9(14)5-8(11)1-4-12(17)15-6-10(16)7-15/h2-3,5,10,16H,1,4,6-7H2. The molecule has 1 aromatic carbocycles. The normalized spacial score (nSPS) is 15.8. The average molecular weight is 319 g/mol. The van der Waals surface area contributed by atoms with Gasteiger partial charge in [0.25, 0.3) is 0 Å². The second-order valence-corrected chi connectivity index (χ2v) is 5.48. The van der Waals surface area contributed by atoms with Crippen molar-refractivity contribution in [3.8, 4) is 0 Å². The van der Waals surface area contributed by atoms with Gasteiger partial charge in [-0.25, -0.2) is 0 Å². The number of aliphatic hydroxyl groups is 1. The number of aliphatic hydroxyl groups excluding tert-OH is 1. The number of carbonyl (C=O) groups is 1. The number of likely N-dealkylation sites (tertiary alicyclic amines) is 1. The van der Waals surface area contributed by atoms with Gasteiger partial charge >= 0.3 is 0 Å². The van der Waals surface area contributed by atoms with Crippen LogP contribution < -0.4 is 0 Å². The summed E-state index contributed by atoms with van der Waals surface area (Å²) in [7, 11) is 0. The van der Waals surface area contributed by atoms with Crippen LogP contribution in [0.15, 0.2) is 22.7 Å². The fraction of sp³-hybridized carbons (Fsp3) is 0.417. The summed E-state index contributed by atoms with van der Waals surface area (Å²) in [6.07, 6.45) is 0.773. The molecule has 0 aromatic heterocycles. The molecule has 17 heavy (non-hydrogen) atoms. The fourth-order valence-corrected chi connectivity index (χ4v) is 2.43. The predicted octanol–water partition coefficient (Wildman–Crippen LogP) is 2.24. The van der Waals surface area contributed by atoms with Gasteiger partial charge < -0.3 is 10.0 Å². The maximum atomic E-state index is 11.7. The number of nitrogens with zero attached hydrogens (tertiary/aromatic N) is 1. The lowest BCUT2D eigenvalue weighted by Gasteiger charge is -2.35. The van der Waals surface area contributed by atoms with E-state index in [9.17, 15) is 4.79 Å². The van der Waals surface area contributed by atoms with Gasteiger partial charge in [0, 0.05) is 29.0 Å². The first kappa shape index (κ1) is 12.9. The van der Waals surface area contributed by atoms with E-state index in [4.69, 9.17) is 16.7 Å². The number of rotatable bonds is 3. The number of benzene rings is 1. The molecule has 2 rings (SSSR count). The van der Waals surface area contributed by atoms with Crippen molar-refractivity contribution in [3.63, 3.8) is 0 Å². The summed E-state index contributed by atoms with van der Waals surface area (Å²) in [4.78, 5) is 13.4. The summed E-state index contributed by atoms with van der Waals surface area (Å²) < 4.78 is 0.971. The van der Waals surface area contributed by atoms with Crippen molar-refractivity contribution in [3.05, 3.63) is 33.3 Å². The Balaban J connectivity index is 1.89. The van der Waals surface area contributed by atoms with Crippen LogP contribution in [0, 0.1) is 0 Å². The van der Waals surface area contributed by atoms with Gasteiger partial charge in [-0.2, -0.15) is 0 Å². The Morgan fingerprint density at radius 2 is 2.24 bits per heavy atom. The minimum atomic E-state index is -0.336. The van der Waals surface area contributed by atoms with E-state index in [0.29, 0.717) is 31.0 Å². The molecular weight excluding hydrogens is 305 g/mol. The quantitative estimate of drug-likeness (QED) is 0.928. The van der Waals surface area contributed by atoms with E-state index in [-0.39, 0.29) is 12.0 Å². The van der Waals surface area contributed by atoms with Crippen LogP contribution in [0.4, 0.5) is 0 Å². The van der Waals surface area contributed by atoms with Gasteiger partial charge in [-0.05, 0) is 30.2 Å². The molecule has 1 heterocycles. The van der Waals surface area contributed by atoms with Gasteiger partial charge in [0.1, 0.15) is 0 Å². The van der Waals surface area contributed by atoms with Crippen molar-refractivity contribution in [2.24, 2.45) is 0 Å². The van der Waals surface area contributed by atoms with Crippen LogP contribution in [0.5, 0.6) is 0 Å². The first-order chi connectivity index (χ1) is 8.06. The molecule has 1 aromatic rings. The molecular formula is C12H13BrClNO2. The minimum absolute atomic E-state index is 0.0853.